The highest BCUT2D eigenvalue weighted by molar-refractivity contribution is 5.66. The zero-order valence-electron chi connectivity index (χ0n) is 6.01. The lowest BCUT2D eigenvalue weighted by atomic mass is 10.0. The zero-order valence-corrected chi connectivity index (χ0v) is 6.01. The highest BCUT2D eigenvalue weighted by atomic mass is 16.3. The molecule has 0 aliphatic heterocycles. The van der Waals surface area contributed by atoms with Crippen molar-refractivity contribution in [3.63, 3.8) is 0 Å². The molecule has 0 aromatic rings. The summed E-state index contributed by atoms with van der Waals surface area (Å²) in [6, 6.07) is 0. The number of rotatable bonds is 2. The Morgan fingerprint density at radius 3 is 2.11 bits per heavy atom. The van der Waals surface area contributed by atoms with Crippen LogP contribution in [0, 0.1) is 0 Å². The van der Waals surface area contributed by atoms with E-state index in [1.54, 1.807) is 20.8 Å². The van der Waals surface area contributed by atoms with Gasteiger partial charge in [0.25, 0.3) is 0 Å². The quantitative estimate of drug-likeness (QED) is 0.443. The van der Waals surface area contributed by atoms with Gasteiger partial charge in [0.2, 0.25) is 0 Å². The van der Waals surface area contributed by atoms with Crippen molar-refractivity contribution in [1.82, 2.24) is 0 Å². The Hall–Kier alpha value is -0.630. The lowest BCUT2D eigenvalue weighted by molar-refractivity contribution is -0.104. The van der Waals surface area contributed by atoms with Gasteiger partial charge in [-0.25, -0.2) is 0 Å². The molecule has 0 rings (SSSR count). The van der Waals surface area contributed by atoms with Crippen LogP contribution in [0.3, 0.4) is 0 Å². The second-order valence-corrected chi connectivity index (χ2v) is 2.54. The molecule has 0 saturated heterocycles. The molecule has 0 amide bonds. The number of hydrogen-bond acceptors (Lipinski definition) is 2. The molecule has 0 aliphatic carbocycles. The Labute approximate surface area is 55.2 Å². The van der Waals surface area contributed by atoms with Gasteiger partial charge in [0.15, 0.2) is 0 Å². The average Bonchev–Trinajstić information content (AvgIpc) is 1.64. The summed E-state index contributed by atoms with van der Waals surface area (Å²) in [5.74, 6) is 0. The van der Waals surface area contributed by atoms with Crippen LogP contribution in [0.15, 0.2) is 11.6 Å². The van der Waals surface area contributed by atoms with Gasteiger partial charge < -0.3 is 5.11 Å². The number of allylic oxidation sites excluding steroid dienone is 1. The third-order valence-electron chi connectivity index (χ3n) is 1.28. The minimum Gasteiger partial charge on any atom is -0.386 e. The molecule has 9 heavy (non-hydrogen) atoms. The first-order chi connectivity index (χ1) is 3.98. The molecule has 0 unspecified atom stereocenters. The Kier molecular flexibility index (Phi) is 2.59. The standard InChI is InChI=1S/C7H12O2/c1-6(4-5-8)7(2,3)9/h4-5,9H,1-3H3. The molecule has 2 nitrogen and oxygen atoms in total. The molecule has 0 spiro atoms. The predicted octanol–water partition coefficient (Wildman–Crippen LogP) is 0.903. The third kappa shape index (κ3) is 3.03. The van der Waals surface area contributed by atoms with Crippen molar-refractivity contribution in [1.29, 1.82) is 0 Å². The number of aliphatic hydroxyl groups is 1. The van der Waals surface area contributed by atoms with Crippen LogP contribution in [0.5, 0.6) is 0 Å². The maximum atomic E-state index is 9.87. The van der Waals surface area contributed by atoms with Crippen molar-refractivity contribution in [2.75, 3.05) is 0 Å². The maximum absolute atomic E-state index is 9.87. The smallest absolute Gasteiger partial charge is 0.142 e. The van der Waals surface area contributed by atoms with E-state index in [0.717, 1.165) is 0 Å². The largest absolute Gasteiger partial charge is 0.386 e. The van der Waals surface area contributed by atoms with E-state index < -0.39 is 5.60 Å². The summed E-state index contributed by atoms with van der Waals surface area (Å²) in [5.41, 5.74) is -0.182. The molecule has 0 fully saturated rings. The summed E-state index contributed by atoms with van der Waals surface area (Å²) in [6.45, 7) is 5.00. The molecule has 0 atom stereocenters. The molecule has 0 radical (unpaired) electrons. The molecular weight excluding hydrogens is 116 g/mol. The van der Waals surface area contributed by atoms with E-state index in [4.69, 9.17) is 0 Å². The number of hydrogen-bond donors (Lipinski definition) is 1. The molecule has 0 saturated carbocycles. The summed E-state index contributed by atoms with van der Waals surface area (Å²) in [4.78, 5) is 9.87. The Bertz CT molecular complexity index is 128. The molecule has 0 aromatic carbocycles. The van der Waals surface area contributed by atoms with Crippen LogP contribution in [-0.2, 0) is 4.79 Å². The van der Waals surface area contributed by atoms with Gasteiger partial charge >= 0.3 is 0 Å². The monoisotopic (exact) mass is 128 g/mol. The summed E-state index contributed by atoms with van der Waals surface area (Å²) in [7, 11) is 0. The van der Waals surface area contributed by atoms with Gasteiger partial charge in [-0.1, -0.05) is 0 Å². The highest BCUT2D eigenvalue weighted by Gasteiger charge is 2.13. The molecule has 0 aromatic heterocycles. The van der Waals surface area contributed by atoms with Crippen LogP contribution in [0.1, 0.15) is 20.8 Å². The van der Waals surface area contributed by atoms with Gasteiger partial charge in [0.05, 0.1) is 5.60 Å². The predicted molar refractivity (Wildman–Crippen MR) is 36.1 cm³/mol. The third-order valence-corrected chi connectivity index (χ3v) is 1.28. The van der Waals surface area contributed by atoms with Gasteiger partial charge in [-0.05, 0) is 32.4 Å². The van der Waals surface area contributed by atoms with Gasteiger partial charge in [-0.3, -0.25) is 4.79 Å². The van der Waals surface area contributed by atoms with E-state index >= 15 is 0 Å². The van der Waals surface area contributed by atoms with Crippen LogP contribution in [0.25, 0.3) is 0 Å². The number of aldehydes is 1. The second kappa shape index (κ2) is 2.78. The molecule has 52 valence electrons. The summed E-state index contributed by atoms with van der Waals surface area (Å²) in [5, 5.41) is 9.19. The van der Waals surface area contributed by atoms with Crippen LogP contribution in [-0.4, -0.2) is 17.0 Å². The van der Waals surface area contributed by atoms with E-state index in [-0.39, 0.29) is 0 Å². The normalized spacial score (nSPS) is 13.6. The Balaban J connectivity index is 4.19. The fourth-order valence-corrected chi connectivity index (χ4v) is 0.306. The van der Waals surface area contributed by atoms with Crippen LogP contribution in [0.4, 0.5) is 0 Å². The van der Waals surface area contributed by atoms with E-state index in [1.807, 2.05) is 0 Å². The topological polar surface area (TPSA) is 37.3 Å². The van der Waals surface area contributed by atoms with Gasteiger partial charge in [-0.2, -0.15) is 0 Å². The lowest BCUT2D eigenvalue weighted by Crippen LogP contribution is -2.19. The fourth-order valence-electron chi connectivity index (χ4n) is 0.306. The van der Waals surface area contributed by atoms with Crippen LogP contribution < -0.4 is 0 Å². The molecule has 1 N–H and O–H groups in total. The molecule has 0 bridgehead atoms. The zero-order chi connectivity index (χ0) is 7.49. The second-order valence-electron chi connectivity index (χ2n) is 2.54. The molecular formula is C7H12O2. The van der Waals surface area contributed by atoms with E-state index in [0.29, 0.717) is 11.9 Å². The maximum Gasteiger partial charge on any atom is 0.142 e. The van der Waals surface area contributed by atoms with Crippen molar-refractivity contribution in [2.45, 2.75) is 26.4 Å². The summed E-state index contributed by atoms with van der Waals surface area (Å²) < 4.78 is 0. The van der Waals surface area contributed by atoms with Gasteiger partial charge in [0, 0.05) is 0 Å². The fraction of sp³-hybridized carbons (Fsp3) is 0.571. The minimum atomic E-state index is -0.860. The van der Waals surface area contributed by atoms with E-state index in [9.17, 15) is 9.90 Å². The van der Waals surface area contributed by atoms with Crippen molar-refractivity contribution < 1.29 is 9.90 Å². The van der Waals surface area contributed by atoms with Crippen molar-refractivity contribution in [3.8, 4) is 0 Å². The SMILES string of the molecule is CC(=CC=O)C(C)(C)O. The Morgan fingerprint density at radius 2 is 2.00 bits per heavy atom. The Morgan fingerprint density at radius 1 is 1.56 bits per heavy atom. The average molecular weight is 128 g/mol. The lowest BCUT2D eigenvalue weighted by Gasteiger charge is -2.16. The first kappa shape index (κ1) is 8.37. The van der Waals surface area contributed by atoms with E-state index in [2.05, 4.69) is 0 Å². The van der Waals surface area contributed by atoms with Crippen molar-refractivity contribution >= 4 is 6.29 Å². The number of carbonyl (C=O) groups is 1. The minimum absolute atomic E-state index is 0.674. The van der Waals surface area contributed by atoms with Crippen molar-refractivity contribution in [3.05, 3.63) is 11.6 Å². The molecule has 0 aliphatic rings. The molecule has 2 heteroatoms. The van der Waals surface area contributed by atoms with Crippen LogP contribution >= 0.6 is 0 Å². The first-order valence-corrected chi connectivity index (χ1v) is 2.83. The van der Waals surface area contributed by atoms with Crippen molar-refractivity contribution in [2.24, 2.45) is 0 Å². The highest BCUT2D eigenvalue weighted by Crippen LogP contribution is 2.12. The first-order valence-electron chi connectivity index (χ1n) is 2.83. The molecule has 0 heterocycles. The summed E-state index contributed by atoms with van der Waals surface area (Å²) >= 11 is 0. The van der Waals surface area contributed by atoms with E-state index in [1.165, 1.54) is 6.08 Å². The van der Waals surface area contributed by atoms with Gasteiger partial charge in [-0.15, -0.1) is 0 Å². The summed E-state index contributed by atoms with van der Waals surface area (Å²) in [6.07, 6.45) is 2.04. The van der Waals surface area contributed by atoms with Gasteiger partial charge in [0.1, 0.15) is 6.29 Å². The van der Waals surface area contributed by atoms with Crippen LogP contribution in [0.2, 0.25) is 0 Å². The number of carbonyl (C=O) groups excluding carboxylic acids is 1.